The number of para-hydroxylation sites is 2. The van der Waals surface area contributed by atoms with Crippen LogP contribution in [0.5, 0.6) is 5.75 Å². The van der Waals surface area contributed by atoms with Crippen LogP contribution in [0.15, 0.2) is 24.3 Å². The lowest BCUT2D eigenvalue weighted by Crippen LogP contribution is -2.42. The summed E-state index contributed by atoms with van der Waals surface area (Å²) in [6.45, 7) is 6.35. The summed E-state index contributed by atoms with van der Waals surface area (Å²) in [6, 6.07) is 8.33. The molecule has 1 amide bonds. The Labute approximate surface area is 126 Å². The lowest BCUT2D eigenvalue weighted by Gasteiger charge is -2.32. The zero-order valence-corrected chi connectivity index (χ0v) is 12.8. The predicted molar refractivity (Wildman–Crippen MR) is 82.9 cm³/mol. The van der Waals surface area contributed by atoms with Crippen LogP contribution in [0.3, 0.4) is 0 Å². The molecule has 0 aliphatic carbocycles. The van der Waals surface area contributed by atoms with E-state index < -0.39 is 0 Å². The van der Waals surface area contributed by atoms with Gasteiger partial charge in [-0.15, -0.1) is 0 Å². The summed E-state index contributed by atoms with van der Waals surface area (Å²) in [5, 5.41) is 3.52. The normalized spacial score (nSPS) is 15.6. The largest absolute Gasteiger partial charge is 0.492 e. The zero-order chi connectivity index (χ0) is 15.1. The second kappa shape index (κ2) is 7.76. The molecule has 1 fully saturated rings. The average molecular weight is 292 g/mol. The quantitative estimate of drug-likeness (QED) is 0.906. The summed E-state index contributed by atoms with van der Waals surface area (Å²) in [7, 11) is 0. The lowest BCUT2D eigenvalue weighted by molar-refractivity contribution is 0.0983. The number of benzene rings is 1. The minimum Gasteiger partial charge on any atom is -0.492 e. The van der Waals surface area contributed by atoms with Gasteiger partial charge in [0.25, 0.3) is 0 Å². The topological polar surface area (TPSA) is 50.8 Å². The summed E-state index contributed by atoms with van der Waals surface area (Å²) in [5.41, 5.74) is 1.02. The molecule has 5 heteroatoms. The fourth-order valence-corrected chi connectivity index (χ4v) is 2.51. The van der Waals surface area contributed by atoms with E-state index in [0.717, 1.165) is 37.4 Å². The Hall–Kier alpha value is -1.91. The number of nitrogens with zero attached hydrogens (tertiary/aromatic N) is 1. The third-order valence-electron chi connectivity index (χ3n) is 3.57. The summed E-state index contributed by atoms with van der Waals surface area (Å²) < 4.78 is 10.7. The van der Waals surface area contributed by atoms with Crippen LogP contribution in [-0.2, 0) is 4.74 Å². The van der Waals surface area contributed by atoms with Crippen molar-refractivity contribution in [2.75, 3.05) is 31.6 Å². The maximum Gasteiger partial charge on any atom is 0.409 e. The molecule has 1 heterocycles. The first-order chi connectivity index (χ1) is 10.2. The van der Waals surface area contributed by atoms with Gasteiger partial charge in [0, 0.05) is 19.1 Å². The third-order valence-corrected chi connectivity index (χ3v) is 3.57. The van der Waals surface area contributed by atoms with Gasteiger partial charge >= 0.3 is 6.09 Å². The molecule has 0 atom stereocenters. The Morgan fingerprint density at radius 2 is 1.95 bits per heavy atom. The zero-order valence-electron chi connectivity index (χ0n) is 12.8. The van der Waals surface area contributed by atoms with Crippen LogP contribution in [0, 0.1) is 0 Å². The van der Waals surface area contributed by atoms with E-state index in [1.165, 1.54) is 0 Å². The number of likely N-dealkylation sites (tertiary alicyclic amines) is 1. The van der Waals surface area contributed by atoms with E-state index >= 15 is 0 Å². The van der Waals surface area contributed by atoms with E-state index in [9.17, 15) is 4.79 Å². The van der Waals surface area contributed by atoms with Crippen LogP contribution >= 0.6 is 0 Å². The third kappa shape index (κ3) is 4.28. The van der Waals surface area contributed by atoms with E-state index in [1.807, 2.05) is 38.1 Å². The second-order valence-corrected chi connectivity index (χ2v) is 5.03. The molecule has 5 nitrogen and oxygen atoms in total. The highest BCUT2D eigenvalue weighted by atomic mass is 16.6. The molecule has 0 aromatic heterocycles. The van der Waals surface area contributed by atoms with Crippen molar-refractivity contribution in [1.29, 1.82) is 0 Å². The van der Waals surface area contributed by atoms with Crippen molar-refractivity contribution in [2.24, 2.45) is 0 Å². The molecule has 0 radical (unpaired) electrons. The van der Waals surface area contributed by atoms with Crippen LogP contribution in [0.1, 0.15) is 26.7 Å². The summed E-state index contributed by atoms with van der Waals surface area (Å²) in [4.78, 5) is 13.4. The molecule has 0 unspecified atom stereocenters. The Balaban J connectivity index is 1.87. The van der Waals surface area contributed by atoms with E-state index in [4.69, 9.17) is 9.47 Å². The minimum atomic E-state index is -0.203. The number of carbonyl (C=O) groups excluding carboxylic acids is 1. The maximum atomic E-state index is 11.7. The first-order valence-corrected chi connectivity index (χ1v) is 7.64. The van der Waals surface area contributed by atoms with Crippen LogP contribution in [0.25, 0.3) is 0 Å². The Kier molecular flexibility index (Phi) is 5.72. The van der Waals surface area contributed by atoms with Crippen molar-refractivity contribution in [3.63, 3.8) is 0 Å². The van der Waals surface area contributed by atoms with Crippen molar-refractivity contribution in [1.82, 2.24) is 4.90 Å². The van der Waals surface area contributed by atoms with Crippen molar-refractivity contribution in [3.8, 4) is 5.75 Å². The number of hydrogen-bond acceptors (Lipinski definition) is 4. The molecule has 2 rings (SSSR count). The van der Waals surface area contributed by atoms with Gasteiger partial charge in [0.05, 0.1) is 18.9 Å². The Bertz CT molecular complexity index is 457. The van der Waals surface area contributed by atoms with Gasteiger partial charge in [-0.25, -0.2) is 4.79 Å². The molecular formula is C16H24N2O3. The maximum absolute atomic E-state index is 11.7. The summed E-state index contributed by atoms with van der Waals surface area (Å²) in [6.07, 6.45) is 1.63. The standard InChI is InChI=1S/C16H24N2O3/c1-3-20-15-8-6-5-7-14(15)17-13-9-11-18(12-10-13)16(19)21-4-2/h5-8,13,17H,3-4,9-12H2,1-2H3. The van der Waals surface area contributed by atoms with Crippen molar-refractivity contribution in [2.45, 2.75) is 32.7 Å². The Morgan fingerprint density at radius 3 is 2.62 bits per heavy atom. The number of anilines is 1. The van der Waals surface area contributed by atoms with Gasteiger partial charge in [0.15, 0.2) is 0 Å². The molecule has 1 aliphatic rings. The highest BCUT2D eigenvalue weighted by Gasteiger charge is 2.23. The highest BCUT2D eigenvalue weighted by Crippen LogP contribution is 2.26. The van der Waals surface area contributed by atoms with Crippen LogP contribution in [-0.4, -0.2) is 43.3 Å². The molecule has 1 N–H and O–H groups in total. The van der Waals surface area contributed by atoms with E-state index in [-0.39, 0.29) is 6.09 Å². The smallest absolute Gasteiger partial charge is 0.409 e. The second-order valence-electron chi connectivity index (χ2n) is 5.03. The first-order valence-electron chi connectivity index (χ1n) is 7.64. The molecule has 21 heavy (non-hydrogen) atoms. The van der Waals surface area contributed by atoms with Crippen LogP contribution in [0.4, 0.5) is 10.5 Å². The predicted octanol–water partition coefficient (Wildman–Crippen LogP) is 3.12. The number of piperidine rings is 1. The van der Waals surface area contributed by atoms with Crippen molar-refractivity contribution in [3.05, 3.63) is 24.3 Å². The number of carbonyl (C=O) groups is 1. The molecule has 1 saturated heterocycles. The SMILES string of the molecule is CCOC(=O)N1CCC(Nc2ccccc2OCC)CC1. The first kappa shape index (κ1) is 15.5. The minimum absolute atomic E-state index is 0.203. The highest BCUT2D eigenvalue weighted by molar-refractivity contribution is 5.67. The fourth-order valence-electron chi connectivity index (χ4n) is 2.51. The molecule has 1 aliphatic heterocycles. The van der Waals surface area contributed by atoms with Crippen LogP contribution in [0.2, 0.25) is 0 Å². The van der Waals surface area contributed by atoms with Gasteiger partial charge in [-0.2, -0.15) is 0 Å². The number of ether oxygens (including phenoxy) is 2. The van der Waals surface area contributed by atoms with Gasteiger partial charge in [0.2, 0.25) is 0 Å². The molecule has 0 saturated carbocycles. The van der Waals surface area contributed by atoms with Gasteiger partial charge in [-0.3, -0.25) is 0 Å². The molecular weight excluding hydrogens is 268 g/mol. The van der Waals surface area contributed by atoms with Crippen LogP contribution < -0.4 is 10.1 Å². The van der Waals surface area contributed by atoms with E-state index in [2.05, 4.69) is 5.32 Å². The number of nitrogens with one attached hydrogen (secondary N) is 1. The monoisotopic (exact) mass is 292 g/mol. The Morgan fingerprint density at radius 1 is 1.24 bits per heavy atom. The van der Waals surface area contributed by atoms with E-state index in [0.29, 0.717) is 19.3 Å². The van der Waals surface area contributed by atoms with Gasteiger partial charge in [-0.1, -0.05) is 12.1 Å². The number of amides is 1. The lowest BCUT2D eigenvalue weighted by atomic mass is 10.0. The van der Waals surface area contributed by atoms with Gasteiger partial charge in [-0.05, 0) is 38.8 Å². The average Bonchev–Trinajstić information content (AvgIpc) is 2.50. The summed E-state index contributed by atoms with van der Waals surface area (Å²) >= 11 is 0. The molecule has 0 spiro atoms. The van der Waals surface area contributed by atoms with Gasteiger partial charge < -0.3 is 19.7 Å². The molecule has 1 aromatic carbocycles. The molecule has 0 bridgehead atoms. The molecule has 1 aromatic rings. The fraction of sp³-hybridized carbons (Fsp3) is 0.562. The number of rotatable bonds is 5. The summed E-state index contributed by atoms with van der Waals surface area (Å²) in [5.74, 6) is 0.882. The van der Waals surface area contributed by atoms with Gasteiger partial charge in [0.1, 0.15) is 5.75 Å². The number of hydrogen-bond donors (Lipinski definition) is 1. The van der Waals surface area contributed by atoms with E-state index in [1.54, 1.807) is 4.90 Å². The van der Waals surface area contributed by atoms with Crippen molar-refractivity contribution >= 4 is 11.8 Å². The molecule has 116 valence electrons. The van der Waals surface area contributed by atoms with Crippen molar-refractivity contribution < 1.29 is 14.3 Å².